The zero-order chi connectivity index (χ0) is 13.8. The monoisotopic (exact) mass is 276 g/mol. The van der Waals surface area contributed by atoms with Crippen LogP contribution in [0, 0.1) is 6.92 Å². The van der Waals surface area contributed by atoms with Gasteiger partial charge in [0.2, 0.25) is 0 Å². The third-order valence-electron chi connectivity index (χ3n) is 2.59. The van der Waals surface area contributed by atoms with E-state index in [0.717, 1.165) is 5.56 Å². The number of carbonyl (C=O) groups is 1. The van der Waals surface area contributed by atoms with E-state index in [2.05, 4.69) is 9.97 Å². The Balaban J connectivity index is 2.39. The number of carbonyl (C=O) groups excluding carboxylic acids is 1. The molecule has 0 amide bonds. The van der Waals surface area contributed by atoms with Gasteiger partial charge in [-0.3, -0.25) is 0 Å². The molecular formula is C14H13ClN2O2. The second-order valence-corrected chi connectivity index (χ2v) is 4.30. The third-order valence-corrected chi connectivity index (χ3v) is 2.92. The average Bonchev–Trinajstić information content (AvgIpc) is 2.39. The number of hydrogen-bond donors (Lipinski definition) is 0. The quantitative estimate of drug-likeness (QED) is 0.807. The lowest BCUT2D eigenvalue weighted by atomic mass is 10.2. The van der Waals surface area contributed by atoms with Crippen molar-refractivity contribution >= 4 is 17.6 Å². The number of aryl methyl sites for hydroxylation is 1. The van der Waals surface area contributed by atoms with Gasteiger partial charge in [0.25, 0.3) is 0 Å². The van der Waals surface area contributed by atoms with Gasteiger partial charge >= 0.3 is 5.97 Å². The van der Waals surface area contributed by atoms with Crippen LogP contribution in [0.3, 0.4) is 0 Å². The second kappa shape index (κ2) is 5.80. The topological polar surface area (TPSA) is 52.1 Å². The summed E-state index contributed by atoms with van der Waals surface area (Å²) >= 11 is 6.09. The minimum Gasteiger partial charge on any atom is -0.462 e. The zero-order valence-corrected chi connectivity index (χ0v) is 11.4. The first-order valence-corrected chi connectivity index (χ1v) is 6.27. The fraction of sp³-hybridized carbons (Fsp3) is 0.214. The van der Waals surface area contributed by atoms with Gasteiger partial charge in [0.15, 0.2) is 5.82 Å². The van der Waals surface area contributed by atoms with Crippen molar-refractivity contribution in [2.75, 3.05) is 6.61 Å². The Morgan fingerprint density at radius 3 is 2.74 bits per heavy atom. The molecule has 0 spiro atoms. The molecule has 0 aliphatic heterocycles. The predicted molar refractivity (Wildman–Crippen MR) is 73.2 cm³/mol. The van der Waals surface area contributed by atoms with E-state index in [0.29, 0.717) is 28.7 Å². The summed E-state index contributed by atoms with van der Waals surface area (Å²) in [5, 5.41) is 0.575. The molecule has 0 bridgehead atoms. The van der Waals surface area contributed by atoms with Gasteiger partial charge in [-0.05, 0) is 26.0 Å². The van der Waals surface area contributed by atoms with E-state index in [1.165, 1.54) is 6.20 Å². The van der Waals surface area contributed by atoms with Crippen LogP contribution in [-0.2, 0) is 4.74 Å². The lowest BCUT2D eigenvalue weighted by Crippen LogP contribution is -2.09. The average molecular weight is 277 g/mol. The van der Waals surface area contributed by atoms with E-state index in [4.69, 9.17) is 16.3 Å². The van der Waals surface area contributed by atoms with Gasteiger partial charge < -0.3 is 4.74 Å². The maximum Gasteiger partial charge on any atom is 0.341 e. The fourth-order valence-corrected chi connectivity index (χ4v) is 1.87. The number of benzene rings is 1. The number of nitrogens with zero attached hydrogens (tertiary/aromatic N) is 2. The molecule has 1 aromatic carbocycles. The van der Waals surface area contributed by atoms with E-state index in [1.54, 1.807) is 19.9 Å². The molecule has 4 nitrogen and oxygen atoms in total. The van der Waals surface area contributed by atoms with E-state index >= 15 is 0 Å². The van der Waals surface area contributed by atoms with E-state index in [9.17, 15) is 4.79 Å². The minimum absolute atomic E-state index is 0.324. The van der Waals surface area contributed by atoms with Gasteiger partial charge in [-0.2, -0.15) is 0 Å². The molecule has 0 saturated heterocycles. The summed E-state index contributed by atoms with van der Waals surface area (Å²) in [6.07, 6.45) is 1.47. The SMILES string of the molecule is CCOC(=O)c1cnc(-c2ccccc2Cl)nc1C. The molecule has 5 heteroatoms. The van der Waals surface area contributed by atoms with E-state index in [1.807, 2.05) is 18.2 Å². The Labute approximate surface area is 116 Å². The van der Waals surface area contributed by atoms with Crippen LogP contribution in [-0.4, -0.2) is 22.5 Å². The molecule has 0 unspecified atom stereocenters. The normalized spacial score (nSPS) is 10.3. The lowest BCUT2D eigenvalue weighted by molar-refractivity contribution is 0.0524. The molecule has 0 aliphatic rings. The Bertz CT molecular complexity index is 614. The highest BCUT2D eigenvalue weighted by atomic mass is 35.5. The maximum absolute atomic E-state index is 11.7. The Morgan fingerprint density at radius 2 is 2.11 bits per heavy atom. The van der Waals surface area contributed by atoms with Gasteiger partial charge in [-0.1, -0.05) is 23.7 Å². The molecule has 0 saturated carbocycles. The molecular weight excluding hydrogens is 264 g/mol. The van der Waals surface area contributed by atoms with Gasteiger partial charge in [0.1, 0.15) is 0 Å². The van der Waals surface area contributed by atoms with Crippen molar-refractivity contribution in [1.29, 1.82) is 0 Å². The maximum atomic E-state index is 11.7. The van der Waals surface area contributed by atoms with Crippen molar-refractivity contribution < 1.29 is 9.53 Å². The third kappa shape index (κ3) is 2.90. The van der Waals surface area contributed by atoms with Gasteiger partial charge in [-0.15, -0.1) is 0 Å². The summed E-state index contributed by atoms with van der Waals surface area (Å²) < 4.78 is 4.93. The number of halogens is 1. The first-order chi connectivity index (χ1) is 9.13. The molecule has 2 aromatic rings. The number of esters is 1. The smallest absolute Gasteiger partial charge is 0.341 e. The summed E-state index contributed by atoms with van der Waals surface area (Å²) in [5.41, 5.74) is 1.68. The van der Waals surface area contributed by atoms with Crippen molar-refractivity contribution in [3.63, 3.8) is 0 Å². The highest BCUT2D eigenvalue weighted by Gasteiger charge is 2.14. The van der Waals surface area contributed by atoms with Crippen LogP contribution in [0.4, 0.5) is 0 Å². The Hall–Kier alpha value is -1.94. The molecule has 0 N–H and O–H groups in total. The Kier molecular flexibility index (Phi) is 4.12. The first kappa shape index (κ1) is 13.5. The standard InChI is InChI=1S/C14H13ClN2O2/c1-3-19-14(18)11-8-16-13(17-9(11)2)10-6-4-5-7-12(10)15/h4-8H,3H2,1-2H3. The first-order valence-electron chi connectivity index (χ1n) is 5.89. The Morgan fingerprint density at radius 1 is 1.37 bits per heavy atom. The molecule has 0 fully saturated rings. The van der Waals surface area contributed by atoms with Crippen LogP contribution in [0.1, 0.15) is 23.0 Å². The summed E-state index contributed by atoms with van der Waals surface area (Å²) in [7, 11) is 0. The van der Waals surface area contributed by atoms with Crippen LogP contribution in [0.5, 0.6) is 0 Å². The van der Waals surface area contributed by atoms with Crippen molar-refractivity contribution in [3.05, 3.63) is 46.7 Å². The second-order valence-electron chi connectivity index (χ2n) is 3.89. The highest BCUT2D eigenvalue weighted by Crippen LogP contribution is 2.24. The van der Waals surface area contributed by atoms with Crippen LogP contribution >= 0.6 is 11.6 Å². The molecule has 2 rings (SSSR count). The molecule has 98 valence electrons. The van der Waals surface area contributed by atoms with E-state index < -0.39 is 5.97 Å². The molecule has 1 heterocycles. The summed E-state index contributed by atoms with van der Waals surface area (Å²) in [6.45, 7) is 3.82. The summed E-state index contributed by atoms with van der Waals surface area (Å²) in [4.78, 5) is 20.1. The molecule has 0 aliphatic carbocycles. The van der Waals surface area contributed by atoms with Crippen LogP contribution in [0.2, 0.25) is 5.02 Å². The van der Waals surface area contributed by atoms with Gasteiger partial charge in [-0.25, -0.2) is 14.8 Å². The number of hydrogen-bond acceptors (Lipinski definition) is 4. The van der Waals surface area contributed by atoms with Crippen molar-refractivity contribution in [1.82, 2.24) is 9.97 Å². The minimum atomic E-state index is -0.411. The summed E-state index contributed by atoms with van der Waals surface area (Å²) in [6, 6.07) is 7.31. The molecule has 0 atom stereocenters. The van der Waals surface area contributed by atoms with Crippen LogP contribution < -0.4 is 0 Å². The number of aromatic nitrogens is 2. The van der Waals surface area contributed by atoms with Gasteiger partial charge in [0, 0.05) is 11.8 Å². The van der Waals surface area contributed by atoms with Crippen LogP contribution in [0.15, 0.2) is 30.5 Å². The van der Waals surface area contributed by atoms with Crippen molar-refractivity contribution in [2.24, 2.45) is 0 Å². The van der Waals surface area contributed by atoms with Gasteiger partial charge in [0.05, 0.1) is 22.9 Å². The lowest BCUT2D eigenvalue weighted by Gasteiger charge is -2.07. The largest absolute Gasteiger partial charge is 0.462 e. The number of ether oxygens (including phenoxy) is 1. The zero-order valence-electron chi connectivity index (χ0n) is 10.7. The molecule has 0 radical (unpaired) electrons. The summed E-state index contributed by atoms with van der Waals surface area (Å²) in [5.74, 6) is 0.0851. The molecule has 19 heavy (non-hydrogen) atoms. The van der Waals surface area contributed by atoms with Crippen LogP contribution in [0.25, 0.3) is 11.4 Å². The van der Waals surface area contributed by atoms with Crippen molar-refractivity contribution in [3.8, 4) is 11.4 Å². The fourth-order valence-electron chi connectivity index (χ4n) is 1.65. The van der Waals surface area contributed by atoms with Crippen molar-refractivity contribution in [2.45, 2.75) is 13.8 Å². The number of rotatable bonds is 3. The molecule has 1 aromatic heterocycles. The van der Waals surface area contributed by atoms with E-state index in [-0.39, 0.29) is 0 Å². The predicted octanol–water partition coefficient (Wildman–Crippen LogP) is 3.28. The highest BCUT2D eigenvalue weighted by molar-refractivity contribution is 6.33.